The molecule has 0 saturated carbocycles. The van der Waals surface area contributed by atoms with Crippen molar-refractivity contribution in [3.8, 4) is 0 Å². The second-order valence-electron chi connectivity index (χ2n) is 4.95. The van der Waals surface area contributed by atoms with Gasteiger partial charge in [-0.05, 0) is 40.9 Å². The van der Waals surface area contributed by atoms with Crippen LogP contribution in [0.25, 0.3) is 6.08 Å². The van der Waals surface area contributed by atoms with Gasteiger partial charge in [-0.3, -0.25) is 4.79 Å². The highest BCUT2D eigenvalue weighted by molar-refractivity contribution is 6.61. The molecule has 22 heavy (non-hydrogen) atoms. The zero-order valence-electron chi connectivity index (χ0n) is 11.4. The standard InChI is InChI=1S/C16H11BCl2O3/c18-14-5-4-11(8-15(14)19)16(20)6-2-10-1-3-12-9-22-17(21)13(12)7-10/h1-8,21H,9H2/b6-2+. The first-order chi connectivity index (χ1) is 10.5. The van der Waals surface area contributed by atoms with Gasteiger partial charge in [-0.15, -0.1) is 0 Å². The molecule has 1 heterocycles. The lowest BCUT2D eigenvalue weighted by atomic mass is 9.79. The molecule has 2 aromatic rings. The van der Waals surface area contributed by atoms with Gasteiger partial charge in [0.1, 0.15) is 0 Å². The van der Waals surface area contributed by atoms with Crippen molar-refractivity contribution in [2.75, 3.05) is 0 Å². The third-order valence-electron chi connectivity index (χ3n) is 3.46. The van der Waals surface area contributed by atoms with Crippen LogP contribution in [0.15, 0.2) is 42.5 Å². The quantitative estimate of drug-likeness (QED) is 0.533. The van der Waals surface area contributed by atoms with Gasteiger partial charge in [0.05, 0.1) is 16.7 Å². The summed E-state index contributed by atoms with van der Waals surface area (Å²) in [6.45, 7) is 0.405. The Hall–Kier alpha value is -1.59. The lowest BCUT2D eigenvalue weighted by Gasteiger charge is -2.01. The molecule has 3 rings (SSSR count). The van der Waals surface area contributed by atoms with E-state index in [0.717, 1.165) is 16.6 Å². The van der Waals surface area contributed by atoms with Crippen molar-refractivity contribution in [1.82, 2.24) is 0 Å². The predicted molar refractivity (Wildman–Crippen MR) is 88.7 cm³/mol. The summed E-state index contributed by atoms with van der Waals surface area (Å²) in [4.78, 5) is 12.1. The Balaban J connectivity index is 1.80. The van der Waals surface area contributed by atoms with Crippen LogP contribution in [0, 0.1) is 0 Å². The molecular weight excluding hydrogens is 322 g/mol. The Bertz CT molecular complexity index is 774. The van der Waals surface area contributed by atoms with E-state index in [4.69, 9.17) is 27.9 Å². The highest BCUT2D eigenvalue weighted by atomic mass is 35.5. The molecule has 3 nitrogen and oxygen atoms in total. The average molecular weight is 333 g/mol. The zero-order chi connectivity index (χ0) is 15.7. The molecule has 6 heteroatoms. The van der Waals surface area contributed by atoms with E-state index in [1.165, 1.54) is 12.1 Å². The molecule has 0 saturated heterocycles. The van der Waals surface area contributed by atoms with Crippen LogP contribution in [0.2, 0.25) is 10.0 Å². The second-order valence-corrected chi connectivity index (χ2v) is 5.76. The van der Waals surface area contributed by atoms with Gasteiger partial charge in [-0.2, -0.15) is 0 Å². The van der Waals surface area contributed by atoms with Gasteiger partial charge < -0.3 is 9.68 Å². The molecular formula is C16H11BCl2O3. The molecule has 0 spiro atoms. The van der Waals surface area contributed by atoms with Crippen LogP contribution in [0.4, 0.5) is 0 Å². The number of carbonyl (C=O) groups is 1. The van der Waals surface area contributed by atoms with Crippen molar-refractivity contribution in [3.05, 3.63) is 69.2 Å². The van der Waals surface area contributed by atoms with Crippen LogP contribution in [-0.2, 0) is 11.3 Å². The molecule has 0 aliphatic carbocycles. The predicted octanol–water partition coefficient (Wildman–Crippen LogP) is 3.11. The van der Waals surface area contributed by atoms with Crippen LogP contribution in [0.5, 0.6) is 0 Å². The van der Waals surface area contributed by atoms with E-state index < -0.39 is 7.12 Å². The number of hydrogen-bond donors (Lipinski definition) is 1. The Kier molecular flexibility index (Phi) is 4.36. The first kappa shape index (κ1) is 15.3. The summed E-state index contributed by atoms with van der Waals surface area (Å²) in [5.74, 6) is -0.170. The SMILES string of the molecule is O=C(/C=C/c1ccc2c(c1)B(O)OC2)c1ccc(Cl)c(Cl)c1. The highest BCUT2D eigenvalue weighted by Crippen LogP contribution is 2.23. The molecule has 0 atom stereocenters. The van der Waals surface area contributed by atoms with Crippen molar-refractivity contribution in [3.63, 3.8) is 0 Å². The summed E-state index contributed by atoms with van der Waals surface area (Å²) >= 11 is 11.7. The molecule has 0 amide bonds. The summed E-state index contributed by atoms with van der Waals surface area (Å²) in [5, 5.41) is 10.4. The Morgan fingerprint density at radius 2 is 2.00 bits per heavy atom. The maximum absolute atomic E-state index is 12.1. The molecule has 1 N–H and O–H groups in total. The van der Waals surface area contributed by atoms with Crippen molar-refractivity contribution in [1.29, 1.82) is 0 Å². The fourth-order valence-corrected chi connectivity index (χ4v) is 2.55. The first-order valence-electron chi connectivity index (χ1n) is 6.64. The van der Waals surface area contributed by atoms with Gasteiger partial charge in [-0.25, -0.2) is 0 Å². The fraction of sp³-hybridized carbons (Fsp3) is 0.0625. The highest BCUT2D eigenvalue weighted by Gasteiger charge is 2.26. The molecule has 0 radical (unpaired) electrons. The number of hydrogen-bond acceptors (Lipinski definition) is 3. The second kappa shape index (κ2) is 6.27. The third-order valence-corrected chi connectivity index (χ3v) is 4.20. The zero-order valence-corrected chi connectivity index (χ0v) is 12.9. The first-order valence-corrected chi connectivity index (χ1v) is 7.40. The Labute approximate surface area is 138 Å². The minimum atomic E-state index is -0.894. The average Bonchev–Trinajstić information content (AvgIpc) is 2.88. The number of halogens is 2. The molecule has 0 bridgehead atoms. The van der Waals surface area contributed by atoms with Gasteiger partial charge in [0, 0.05) is 5.56 Å². The Morgan fingerprint density at radius 3 is 2.77 bits per heavy atom. The number of fused-ring (bicyclic) bond motifs is 1. The number of carbonyl (C=O) groups excluding carboxylic acids is 1. The molecule has 1 aliphatic rings. The Morgan fingerprint density at radius 1 is 1.18 bits per heavy atom. The van der Waals surface area contributed by atoms with Gasteiger partial charge in [0.25, 0.3) is 0 Å². The summed E-state index contributed by atoms with van der Waals surface area (Å²) in [6, 6.07) is 10.3. The molecule has 0 aromatic heterocycles. The topological polar surface area (TPSA) is 46.5 Å². The molecule has 1 aliphatic heterocycles. The summed E-state index contributed by atoms with van der Waals surface area (Å²) < 4.78 is 5.13. The number of benzene rings is 2. The van der Waals surface area contributed by atoms with E-state index in [2.05, 4.69) is 0 Å². The normalized spacial score (nSPS) is 13.7. The summed E-state index contributed by atoms with van der Waals surface area (Å²) in [6.07, 6.45) is 3.15. The van der Waals surface area contributed by atoms with E-state index in [1.54, 1.807) is 18.2 Å². The van der Waals surface area contributed by atoms with Gasteiger partial charge in [0.15, 0.2) is 5.78 Å². The molecule has 0 unspecified atom stereocenters. The minimum absolute atomic E-state index is 0.170. The molecule has 2 aromatic carbocycles. The number of allylic oxidation sites excluding steroid dienone is 1. The van der Waals surface area contributed by atoms with Crippen LogP contribution >= 0.6 is 23.2 Å². The van der Waals surface area contributed by atoms with Crippen molar-refractivity contribution < 1.29 is 14.5 Å². The van der Waals surface area contributed by atoms with Gasteiger partial charge in [0.2, 0.25) is 0 Å². The smallest absolute Gasteiger partial charge is 0.423 e. The maximum atomic E-state index is 12.1. The van der Waals surface area contributed by atoms with E-state index in [1.807, 2.05) is 18.2 Å². The van der Waals surface area contributed by atoms with Crippen LogP contribution in [0.1, 0.15) is 21.5 Å². The van der Waals surface area contributed by atoms with Gasteiger partial charge >= 0.3 is 7.12 Å². The van der Waals surface area contributed by atoms with Crippen LogP contribution in [0.3, 0.4) is 0 Å². The van der Waals surface area contributed by atoms with Crippen LogP contribution in [-0.4, -0.2) is 17.9 Å². The number of rotatable bonds is 3. The molecule has 110 valence electrons. The van der Waals surface area contributed by atoms with Crippen molar-refractivity contribution >= 4 is 47.6 Å². The molecule has 0 fully saturated rings. The van der Waals surface area contributed by atoms with E-state index in [9.17, 15) is 9.82 Å². The van der Waals surface area contributed by atoms with E-state index in [0.29, 0.717) is 22.2 Å². The van der Waals surface area contributed by atoms with Crippen molar-refractivity contribution in [2.24, 2.45) is 0 Å². The fourth-order valence-electron chi connectivity index (χ4n) is 2.25. The maximum Gasteiger partial charge on any atom is 0.491 e. The third kappa shape index (κ3) is 3.10. The summed E-state index contributed by atoms with van der Waals surface area (Å²) in [7, 11) is -0.894. The van der Waals surface area contributed by atoms with Crippen molar-refractivity contribution in [2.45, 2.75) is 6.61 Å². The van der Waals surface area contributed by atoms with Gasteiger partial charge in [-0.1, -0.05) is 47.5 Å². The lowest BCUT2D eigenvalue weighted by Crippen LogP contribution is -2.28. The summed E-state index contributed by atoms with van der Waals surface area (Å²) in [5.41, 5.74) is 2.98. The van der Waals surface area contributed by atoms with E-state index >= 15 is 0 Å². The minimum Gasteiger partial charge on any atom is -0.423 e. The number of ketones is 1. The monoisotopic (exact) mass is 332 g/mol. The van der Waals surface area contributed by atoms with E-state index in [-0.39, 0.29) is 5.78 Å². The van der Waals surface area contributed by atoms with Crippen LogP contribution < -0.4 is 5.46 Å². The largest absolute Gasteiger partial charge is 0.491 e. The lowest BCUT2D eigenvalue weighted by molar-refractivity contribution is 0.104.